The van der Waals surface area contributed by atoms with E-state index >= 15 is 0 Å². The van der Waals surface area contributed by atoms with Gasteiger partial charge >= 0.3 is 7.32 Å². The molecule has 0 heterocycles. The molecule has 1 atom stereocenters. The van der Waals surface area contributed by atoms with Crippen molar-refractivity contribution in [2.24, 2.45) is 0 Å². The fourth-order valence-electron chi connectivity index (χ4n) is 0.907. The largest absolute Gasteiger partial charge is 0.640 e. The van der Waals surface area contributed by atoms with E-state index in [0.29, 0.717) is 19.6 Å². The molecule has 0 saturated carbocycles. The van der Waals surface area contributed by atoms with E-state index in [1.54, 1.807) is 0 Å². The molecule has 15 heavy (non-hydrogen) atoms. The molecule has 0 amide bonds. The van der Waals surface area contributed by atoms with Gasteiger partial charge in [0.1, 0.15) is 6.10 Å². The third-order valence-corrected chi connectivity index (χ3v) is 1.71. The van der Waals surface area contributed by atoms with Crippen LogP contribution in [0.2, 0.25) is 0 Å². The molecule has 0 fully saturated rings. The molecular formula is C10H20BNO3. The van der Waals surface area contributed by atoms with Crippen molar-refractivity contribution in [3.8, 4) is 6.07 Å². The van der Waals surface area contributed by atoms with Crippen molar-refractivity contribution in [1.29, 1.82) is 5.26 Å². The molecule has 0 N–H and O–H groups in total. The predicted octanol–water partition coefficient (Wildman–Crippen LogP) is 2.14. The van der Waals surface area contributed by atoms with Gasteiger partial charge in [0.05, 0.1) is 6.07 Å². The molecule has 0 aliphatic heterocycles. The van der Waals surface area contributed by atoms with Crippen LogP contribution < -0.4 is 0 Å². The Labute approximate surface area is 92.7 Å². The number of hydrogen-bond donors (Lipinski definition) is 0. The third kappa shape index (κ3) is 7.37. The Balaban J connectivity index is 3.92. The molecule has 0 aromatic heterocycles. The standard InChI is InChI=1S/C10H20BNO3/c1-4-7-13-11(14-8-5-2)15-10(6-3)9-12/h10H,4-8H2,1-3H3. The minimum absolute atomic E-state index is 0.455. The van der Waals surface area contributed by atoms with Gasteiger partial charge in [0, 0.05) is 13.2 Å². The summed E-state index contributed by atoms with van der Waals surface area (Å²) in [4.78, 5) is 0. The van der Waals surface area contributed by atoms with Crippen molar-refractivity contribution in [3.63, 3.8) is 0 Å². The van der Waals surface area contributed by atoms with Crippen LogP contribution in [0.3, 0.4) is 0 Å². The minimum atomic E-state index is -0.700. The number of nitrogens with zero attached hydrogens (tertiary/aromatic N) is 1. The Morgan fingerprint density at radius 3 is 2.00 bits per heavy atom. The first kappa shape index (κ1) is 14.4. The van der Waals surface area contributed by atoms with E-state index in [4.69, 9.17) is 19.2 Å². The lowest BCUT2D eigenvalue weighted by Crippen LogP contribution is -2.32. The Morgan fingerprint density at radius 2 is 1.67 bits per heavy atom. The lowest BCUT2D eigenvalue weighted by atomic mass is 10.2. The van der Waals surface area contributed by atoms with Gasteiger partial charge in [0.25, 0.3) is 0 Å². The van der Waals surface area contributed by atoms with Crippen LogP contribution in [0.25, 0.3) is 0 Å². The predicted molar refractivity (Wildman–Crippen MR) is 59.0 cm³/mol. The molecule has 4 nitrogen and oxygen atoms in total. The minimum Gasteiger partial charge on any atom is -0.386 e. The molecular weight excluding hydrogens is 193 g/mol. The van der Waals surface area contributed by atoms with E-state index in [9.17, 15) is 0 Å². The van der Waals surface area contributed by atoms with E-state index in [1.165, 1.54) is 0 Å². The van der Waals surface area contributed by atoms with Crippen LogP contribution in [0.4, 0.5) is 0 Å². The van der Waals surface area contributed by atoms with Crippen molar-refractivity contribution in [2.45, 2.75) is 46.1 Å². The lowest BCUT2D eigenvalue weighted by molar-refractivity contribution is 0.0740. The lowest BCUT2D eigenvalue weighted by Gasteiger charge is -2.16. The van der Waals surface area contributed by atoms with Gasteiger partial charge in [-0.05, 0) is 19.3 Å². The van der Waals surface area contributed by atoms with Crippen LogP contribution in [0.5, 0.6) is 0 Å². The summed E-state index contributed by atoms with van der Waals surface area (Å²) >= 11 is 0. The maximum atomic E-state index is 8.74. The highest BCUT2D eigenvalue weighted by atomic mass is 16.7. The Kier molecular flexibility index (Phi) is 9.59. The van der Waals surface area contributed by atoms with E-state index in [-0.39, 0.29) is 0 Å². The van der Waals surface area contributed by atoms with Gasteiger partial charge in [-0.15, -0.1) is 0 Å². The second kappa shape index (κ2) is 9.97. The average molecular weight is 213 g/mol. The number of hydrogen-bond acceptors (Lipinski definition) is 4. The number of rotatable bonds is 9. The van der Waals surface area contributed by atoms with E-state index in [1.807, 2.05) is 20.8 Å². The molecule has 0 saturated heterocycles. The summed E-state index contributed by atoms with van der Waals surface area (Å²) in [6.07, 6.45) is 1.98. The van der Waals surface area contributed by atoms with Gasteiger partial charge in [0.15, 0.2) is 0 Å². The molecule has 0 rings (SSSR count). The van der Waals surface area contributed by atoms with E-state index in [2.05, 4.69) is 6.07 Å². The maximum absolute atomic E-state index is 8.74. The van der Waals surface area contributed by atoms with Crippen molar-refractivity contribution in [3.05, 3.63) is 0 Å². The quantitative estimate of drug-likeness (QED) is 0.550. The number of nitriles is 1. The van der Waals surface area contributed by atoms with Crippen molar-refractivity contribution in [1.82, 2.24) is 0 Å². The highest BCUT2D eigenvalue weighted by molar-refractivity contribution is 6.36. The summed E-state index contributed by atoms with van der Waals surface area (Å²) < 4.78 is 16.0. The van der Waals surface area contributed by atoms with Gasteiger partial charge in [-0.2, -0.15) is 5.26 Å². The molecule has 0 radical (unpaired) electrons. The highest BCUT2D eigenvalue weighted by Crippen LogP contribution is 2.03. The summed E-state index contributed by atoms with van der Waals surface area (Å²) in [5.41, 5.74) is 0. The first-order valence-electron chi connectivity index (χ1n) is 5.56. The van der Waals surface area contributed by atoms with E-state index in [0.717, 1.165) is 12.8 Å². The molecule has 0 bridgehead atoms. The maximum Gasteiger partial charge on any atom is 0.640 e. The van der Waals surface area contributed by atoms with Crippen LogP contribution in [-0.4, -0.2) is 26.6 Å². The molecule has 1 unspecified atom stereocenters. The second-order valence-corrected chi connectivity index (χ2v) is 3.19. The second-order valence-electron chi connectivity index (χ2n) is 3.19. The molecule has 0 aromatic carbocycles. The molecule has 86 valence electrons. The Morgan fingerprint density at radius 1 is 1.13 bits per heavy atom. The zero-order valence-electron chi connectivity index (χ0n) is 9.86. The zero-order chi connectivity index (χ0) is 11.5. The molecule has 0 aliphatic rings. The average Bonchev–Trinajstić information content (AvgIpc) is 2.28. The smallest absolute Gasteiger partial charge is 0.386 e. The SMILES string of the molecule is CCCOB(OCCC)OC(C#N)CC. The Bertz CT molecular complexity index is 176. The molecule has 5 heteroatoms. The Hall–Kier alpha value is -0.565. The third-order valence-electron chi connectivity index (χ3n) is 1.71. The van der Waals surface area contributed by atoms with Crippen LogP contribution >= 0.6 is 0 Å². The monoisotopic (exact) mass is 213 g/mol. The van der Waals surface area contributed by atoms with Gasteiger partial charge in [-0.25, -0.2) is 0 Å². The fourth-order valence-corrected chi connectivity index (χ4v) is 0.907. The summed E-state index contributed by atoms with van der Waals surface area (Å²) in [7, 11) is -0.700. The van der Waals surface area contributed by atoms with Crippen LogP contribution in [0.1, 0.15) is 40.0 Å². The van der Waals surface area contributed by atoms with Crippen molar-refractivity contribution in [2.75, 3.05) is 13.2 Å². The summed E-state index contributed by atoms with van der Waals surface area (Å²) in [6, 6.07) is 2.05. The fraction of sp³-hybridized carbons (Fsp3) is 0.900. The van der Waals surface area contributed by atoms with Crippen LogP contribution in [0.15, 0.2) is 0 Å². The molecule has 0 spiro atoms. The molecule has 0 aromatic rings. The van der Waals surface area contributed by atoms with Crippen molar-refractivity contribution < 1.29 is 14.0 Å². The molecule has 0 aliphatic carbocycles. The van der Waals surface area contributed by atoms with Gasteiger partial charge in [0.2, 0.25) is 0 Å². The first-order valence-corrected chi connectivity index (χ1v) is 5.56. The zero-order valence-corrected chi connectivity index (χ0v) is 9.86. The highest BCUT2D eigenvalue weighted by Gasteiger charge is 2.24. The summed E-state index contributed by atoms with van der Waals surface area (Å²) in [6.45, 7) is 7.08. The van der Waals surface area contributed by atoms with Crippen molar-refractivity contribution >= 4 is 7.32 Å². The van der Waals surface area contributed by atoms with Gasteiger partial charge in [-0.1, -0.05) is 20.8 Å². The van der Waals surface area contributed by atoms with Crippen LogP contribution in [0, 0.1) is 11.3 Å². The topological polar surface area (TPSA) is 51.5 Å². The summed E-state index contributed by atoms with van der Waals surface area (Å²) in [5, 5.41) is 8.74. The van der Waals surface area contributed by atoms with E-state index < -0.39 is 13.4 Å². The van der Waals surface area contributed by atoms with Gasteiger partial charge in [-0.3, -0.25) is 0 Å². The van der Waals surface area contributed by atoms with Crippen LogP contribution in [-0.2, 0) is 14.0 Å². The normalized spacial score (nSPS) is 12.1. The summed E-state index contributed by atoms with van der Waals surface area (Å²) in [5.74, 6) is 0. The first-order chi connectivity index (χ1) is 7.28. The van der Waals surface area contributed by atoms with Gasteiger partial charge < -0.3 is 14.0 Å².